The topological polar surface area (TPSA) is 85.4 Å². The van der Waals surface area contributed by atoms with Crippen LogP contribution in [0, 0.1) is 6.92 Å². The molecule has 1 aliphatic heterocycles. The zero-order chi connectivity index (χ0) is 25.2. The molecule has 6 rings (SSSR count). The Labute approximate surface area is 216 Å². The van der Waals surface area contributed by atoms with Crippen LogP contribution >= 0.6 is 0 Å². The average molecular weight is 497 g/mol. The van der Waals surface area contributed by atoms with Gasteiger partial charge in [-0.3, -0.25) is 4.40 Å². The molecule has 4 heterocycles. The Hall–Kier alpha value is -3.82. The maximum absolute atomic E-state index is 5.25. The fourth-order valence-electron chi connectivity index (χ4n) is 5.12. The van der Waals surface area contributed by atoms with Crippen molar-refractivity contribution in [2.75, 3.05) is 38.7 Å². The molecule has 0 amide bonds. The van der Waals surface area contributed by atoms with Crippen molar-refractivity contribution >= 4 is 22.5 Å². The van der Waals surface area contributed by atoms with Crippen molar-refractivity contribution < 1.29 is 4.74 Å². The molecule has 0 saturated carbocycles. The summed E-state index contributed by atoms with van der Waals surface area (Å²) in [4.78, 5) is 12.6. The van der Waals surface area contributed by atoms with Crippen molar-refractivity contribution in [3.05, 3.63) is 72.2 Å². The molecule has 37 heavy (non-hydrogen) atoms. The Morgan fingerprint density at radius 1 is 0.973 bits per heavy atom. The summed E-state index contributed by atoms with van der Waals surface area (Å²) in [6.07, 6.45) is 4.09. The number of imidazole rings is 1. The van der Waals surface area contributed by atoms with Gasteiger partial charge < -0.3 is 19.5 Å². The van der Waals surface area contributed by atoms with E-state index in [1.54, 1.807) is 7.11 Å². The lowest BCUT2D eigenvalue weighted by molar-refractivity contribution is 0.132. The minimum absolute atomic E-state index is 0.325. The molecule has 2 aromatic carbocycles. The molecule has 3 aromatic heterocycles. The molecule has 1 saturated heterocycles. The molecule has 1 aliphatic rings. The highest BCUT2D eigenvalue weighted by atomic mass is 16.5. The molecular formula is C28H32N8O. The van der Waals surface area contributed by atoms with Crippen molar-refractivity contribution in [3.8, 4) is 11.5 Å². The summed E-state index contributed by atoms with van der Waals surface area (Å²) in [5, 5.41) is 12.5. The number of piperidine rings is 1. The van der Waals surface area contributed by atoms with Gasteiger partial charge in [-0.1, -0.05) is 42.5 Å². The summed E-state index contributed by atoms with van der Waals surface area (Å²) in [5.41, 5.74) is 4.79. The maximum Gasteiger partial charge on any atom is 0.203 e. The van der Waals surface area contributed by atoms with E-state index in [0.717, 1.165) is 78.9 Å². The second-order valence-electron chi connectivity index (χ2n) is 9.66. The molecule has 190 valence electrons. The molecular weight excluding hydrogens is 464 g/mol. The third-order valence-electron chi connectivity index (χ3n) is 7.17. The molecule has 0 unspecified atom stereocenters. The third-order valence-corrected chi connectivity index (χ3v) is 7.17. The number of aromatic nitrogens is 6. The zero-order valence-corrected chi connectivity index (χ0v) is 21.3. The summed E-state index contributed by atoms with van der Waals surface area (Å²) >= 11 is 0. The zero-order valence-electron chi connectivity index (χ0n) is 21.3. The van der Waals surface area contributed by atoms with E-state index < -0.39 is 0 Å². The van der Waals surface area contributed by atoms with Gasteiger partial charge in [-0.15, -0.1) is 10.2 Å². The Morgan fingerprint density at radius 2 is 1.76 bits per heavy atom. The van der Waals surface area contributed by atoms with Crippen molar-refractivity contribution in [3.63, 3.8) is 0 Å². The number of methoxy groups -OCH3 is 1. The minimum Gasteiger partial charge on any atom is -0.383 e. The Kier molecular flexibility index (Phi) is 6.55. The minimum atomic E-state index is 0.325. The summed E-state index contributed by atoms with van der Waals surface area (Å²) in [6.45, 7) is 6.49. The van der Waals surface area contributed by atoms with Gasteiger partial charge in [-0.2, -0.15) is 0 Å². The molecule has 0 bridgehead atoms. The van der Waals surface area contributed by atoms with Gasteiger partial charge >= 0.3 is 0 Å². The predicted octanol–water partition coefficient (Wildman–Crippen LogP) is 4.02. The quantitative estimate of drug-likeness (QED) is 0.347. The number of likely N-dealkylation sites (tertiary alicyclic amines) is 1. The van der Waals surface area contributed by atoms with Gasteiger partial charge in [0.1, 0.15) is 11.5 Å². The lowest BCUT2D eigenvalue weighted by atomic mass is 10.1. The highest BCUT2D eigenvalue weighted by Crippen LogP contribution is 2.28. The number of hydrogen-bond donors (Lipinski definition) is 1. The number of ether oxygens (including phenoxy) is 1. The van der Waals surface area contributed by atoms with Crippen LogP contribution in [0.25, 0.3) is 28.2 Å². The van der Waals surface area contributed by atoms with Gasteiger partial charge in [0.2, 0.25) is 5.65 Å². The van der Waals surface area contributed by atoms with Gasteiger partial charge in [-0.05, 0) is 37.5 Å². The number of nitrogens with zero attached hydrogens (tertiary/aromatic N) is 7. The second kappa shape index (κ2) is 10.3. The molecule has 9 heteroatoms. The van der Waals surface area contributed by atoms with Crippen LogP contribution in [0.2, 0.25) is 0 Å². The maximum atomic E-state index is 5.25. The summed E-state index contributed by atoms with van der Waals surface area (Å²) in [6, 6.07) is 19.1. The van der Waals surface area contributed by atoms with Gasteiger partial charge in [0, 0.05) is 45.5 Å². The van der Waals surface area contributed by atoms with Crippen molar-refractivity contribution in [1.82, 2.24) is 34.0 Å². The second-order valence-corrected chi connectivity index (χ2v) is 9.66. The van der Waals surface area contributed by atoms with Crippen LogP contribution < -0.4 is 5.32 Å². The van der Waals surface area contributed by atoms with Gasteiger partial charge in [-0.25, -0.2) is 9.97 Å². The van der Waals surface area contributed by atoms with E-state index in [4.69, 9.17) is 14.7 Å². The van der Waals surface area contributed by atoms with Crippen LogP contribution in [0.4, 0.5) is 5.82 Å². The third kappa shape index (κ3) is 4.80. The number of nitrogens with one attached hydrogen (secondary N) is 1. The van der Waals surface area contributed by atoms with Gasteiger partial charge in [0.05, 0.1) is 17.6 Å². The number of hydrogen-bond acceptors (Lipinski definition) is 7. The summed E-state index contributed by atoms with van der Waals surface area (Å²) in [5.74, 6) is 2.41. The van der Waals surface area contributed by atoms with Crippen molar-refractivity contribution in [1.29, 1.82) is 0 Å². The monoisotopic (exact) mass is 496 g/mol. The molecule has 1 N–H and O–H groups in total. The van der Waals surface area contributed by atoms with Crippen LogP contribution in [0.1, 0.15) is 24.2 Å². The van der Waals surface area contributed by atoms with E-state index in [1.165, 1.54) is 5.56 Å². The van der Waals surface area contributed by atoms with Crippen molar-refractivity contribution in [2.45, 2.75) is 32.4 Å². The number of para-hydroxylation sites is 2. The van der Waals surface area contributed by atoms with Crippen LogP contribution in [0.5, 0.6) is 0 Å². The van der Waals surface area contributed by atoms with Crippen LogP contribution in [-0.2, 0) is 11.3 Å². The average Bonchev–Trinajstić information content (AvgIpc) is 3.49. The summed E-state index contributed by atoms with van der Waals surface area (Å²) < 4.78 is 9.51. The fraction of sp³-hybridized carbons (Fsp3) is 0.357. The first kappa shape index (κ1) is 23.6. The lowest BCUT2D eigenvalue weighted by Crippen LogP contribution is -2.40. The lowest BCUT2D eigenvalue weighted by Gasteiger charge is -2.32. The Balaban J connectivity index is 1.37. The number of aryl methyl sites for hydroxylation is 1. The summed E-state index contributed by atoms with van der Waals surface area (Å²) in [7, 11) is 1.76. The van der Waals surface area contributed by atoms with Crippen molar-refractivity contribution in [2.24, 2.45) is 0 Å². The highest BCUT2D eigenvalue weighted by Gasteiger charge is 2.23. The Bertz CT molecular complexity index is 1500. The molecule has 0 radical (unpaired) electrons. The Morgan fingerprint density at radius 3 is 2.57 bits per heavy atom. The fourth-order valence-corrected chi connectivity index (χ4v) is 5.12. The van der Waals surface area contributed by atoms with Crippen LogP contribution in [0.3, 0.4) is 0 Å². The molecule has 0 spiro atoms. The first-order chi connectivity index (χ1) is 18.2. The molecule has 0 atom stereocenters. The van der Waals surface area contributed by atoms with E-state index in [1.807, 2.05) is 29.7 Å². The largest absolute Gasteiger partial charge is 0.383 e. The van der Waals surface area contributed by atoms with Gasteiger partial charge in [0.15, 0.2) is 11.6 Å². The number of fused-ring (bicyclic) bond motifs is 2. The molecule has 9 nitrogen and oxygen atoms in total. The standard InChI is InChI=1S/C28H32N8O/c1-20-32-33-28-26(29-22-12-14-34(15-13-22)16-17-37-2)30-24(19-35(20)28)27-31-23-10-6-7-11-25(23)36(27)18-21-8-4-3-5-9-21/h3-11,19,22H,12-18H2,1-2H3,(H,29,30). The van der Waals surface area contributed by atoms with Crippen LogP contribution in [0.15, 0.2) is 60.8 Å². The molecule has 0 aliphatic carbocycles. The first-order valence-electron chi connectivity index (χ1n) is 12.9. The molecule has 1 fully saturated rings. The highest BCUT2D eigenvalue weighted by molar-refractivity contribution is 5.80. The van der Waals surface area contributed by atoms with E-state index >= 15 is 0 Å². The SMILES string of the molecule is COCCN1CCC(Nc2nc(-c3nc4ccccc4n3Cc3ccccc3)cn3c(C)nnc23)CC1. The van der Waals surface area contributed by atoms with E-state index in [-0.39, 0.29) is 0 Å². The van der Waals surface area contributed by atoms with E-state index in [0.29, 0.717) is 12.6 Å². The van der Waals surface area contributed by atoms with E-state index in [9.17, 15) is 0 Å². The van der Waals surface area contributed by atoms with E-state index in [2.05, 4.69) is 67.4 Å². The first-order valence-corrected chi connectivity index (χ1v) is 12.9. The number of benzene rings is 2. The number of anilines is 1. The normalized spacial score (nSPS) is 15.1. The number of rotatable bonds is 8. The van der Waals surface area contributed by atoms with Crippen LogP contribution in [-0.4, -0.2) is 73.4 Å². The van der Waals surface area contributed by atoms with Gasteiger partial charge in [0.25, 0.3) is 0 Å². The molecule has 5 aromatic rings. The smallest absolute Gasteiger partial charge is 0.203 e. The predicted molar refractivity (Wildman–Crippen MR) is 145 cm³/mol.